The first-order valence-corrected chi connectivity index (χ1v) is 9.34. The summed E-state index contributed by atoms with van der Waals surface area (Å²) in [5, 5.41) is 8.51. The van der Waals surface area contributed by atoms with Crippen LogP contribution in [-0.4, -0.2) is 42.4 Å². The fourth-order valence-corrected chi connectivity index (χ4v) is 4.24. The highest BCUT2D eigenvalue weighted by Crippen LogP contribution is 2.24. The third-order valence-electron chi connectivity index (χ3n) is 4.86. The number of amides is 2. The van der Waals surface area contributed by atoms with Gasteiger partial charge < -0.3 is 15.5 Å². The summed E-state index contributed by atoms with van der Waals surface area (Å²) in [7, 11) is 0. The highest BCUT2D eigenvalue weighted by atomic mass is 35.5. The highest BCUT2D eigenvalue weighted by Gasteiger charge is 2.24. The Labute approximate surface area is 153 Å². The van der Waals surface area contributed by atoms with Crippen LogP contribution >= 0.6 is 23.7 Å². The van der Waals surface area contributed by atoms with E-state index in [1.807, 2.05) is 4.90 Å². The molecule has 0 aromatic carbocycles. The third-order valence-corrected chi connectivity index (χ3v) is 5.88. The van der Waals surface area contributed by atoms with Crippen molar-refractivity contribution in [3.63, 3.8) is 0 Å². The van der Waals surface area contributed by atoms with Crippen LogP contribution in [0.2, 0.25) is 0 Å². The number of hydrogen-bond acceptors (Lipinski definition) is 4. The number of hydrogen-bond donors (Lipinski definition) is 2. The molecular weight excluding hydrogens is 346 g/mol. The number of nitrogens with zero attached hydrogens (tertiary/aromatic N) is 1. The van der Waals surface area contributed by atoms with Gasteiger partial charge in [0.05, 0.1) is 0 Å². The molecule has 0 bridgehead atoms. The molecule has 1 aromatic heterocycles. The fourth-order valence-electron chi connectivity index (χ4n) is 3.35. The number of thiophene rings is 1. The molecule has 3 rings (SSSR count). The third kappa shape index (κ3) is 4.71. The lowest BCUT2D eigenvalue weighted by atomic mass is 9.95. The Balaban J connectivity index is 0.00000208. The average Bonchev–Trinajstić information content (AvgIpc) is 3.02. The Morgan fingerprint density at radius 1 is 1.42 bits per heavy atom. The Kier molecular flexibility index (Phi) is 7.07. The van der Waals surface area contributed by atoms with Crippen LogP contribution in [0.3, 0.4) is 0 Å². The van der Waals surface area contributed by atoms with Gasteiger partial charge in [0.1, 0.15) is 0 Å². The second-order valence-electron chi connectivity index (χ2n) is 6.58. The Morgan fingerprint density at radius 3 is 3.04 bits per heavy atom. The molecule has 1 fully saturated rings. The monoisotopic (exact) mass is 371 g/mol. The Morgan fingerprint density at radius 2 is 2.25 bits per heavy atom. The van der Waals surface area contributed by atoms with Gasteiger partial charge in [-0.05, 0) is 48.9 Å². The van der Waals surface area contributed by atoms with Crippen LogP contribution in [0.4, 0.5) is 0 Å². The van der Waals surface area contributed by atoms with Gasteiger partial charge in [-0.2, -0.15) is 0 Å². The highest BCUT2D eigenvalue weighted by molar-refractivity contribution is 7.10. The molecule has 24 heavy (non-hydrogen) atoms. The fraction of sp³-hybridized carbons (Fsp3) is 0.647. The summed E-state index contributed by atoms with van der Waals surface area (Å²) in [5.41, 5.74) is 1.27. The maximum absolute atomic E-state index is 12.3. The minimum Gasteiger partial charge on any atom is -0.353 e. The normalized spacial score (nSPS) is 23.1. The molecule has 2 unspecified atom stereocenters. The molecule has 1 saturated heterocycles. The van der Waals surface area contributed by atoms with Gasteiger partial charge in [0.15, 0.2) is 0 Å². The summed E-state index contributed by atoms with van der Waals surface area (Å²) in [6.45, 7) is 5.52. The smallest absolute Gasteiger partial charge is 0.223 e. The molecule has 7 heteroatoms. The van der Waals surface area contributed by atoms with Gasteiger partial charge in [-0.3, -0.25) is 9.59 Å². The van der Waals surface area contributed by atoms with Crippen molar-refractivity contribution in [3.8, 4) is 0 Å². The zero-order valence-corrected chi connectivity index (χ0v) is 15.7. The quantitative estimate of drug-likeness (QED) is 0.850. The lowest BCUT2D eigenvalue weighted by Crippen LogP contribution is -2.48. The minimum atomic E-state index is 0. The van der Waals surface area contributed by atoms with Crippen LogP contribution in [-0.2, 0) is 22.6 Å². The molecule has 0 saturated carbocycles. The molecule has 5 nitrogen and oxygen atoms in total. The first-order chi connectivity index (χ1) is 11.1. The van der Waals surface area contributed by atoms with E-state index in [0.29, 0.717) is 25.3 Å². The SMILES string of the molecule is CC1CNCCC1NC(=O)CCC(=O)N1CCc2sccc2C1.Cl. The van der Waals surface area contributed by atoms with Crippen LogP contribution in [0.1, 0.15) is 36.6 Å². The van der Waals surface area contributed by atoms with E-state index in [1.165, 1.54) is 10.4 Å². The van der Waals surface area contributed by atoms with Gasteiger partial charge >= 0.3 is 0 Å². The number of nitrogens with one attached hydrogen (secondary N) is 2. The molecule has 0 aliphatic carbocycles. The van der Waals surface area contributed by atoms with Gasteiger partial charge in [0, 0.05) is 36.9 Å². The van der Waals surface area contributed by atoms with E-state index in [0.717, 1.165) is 32.5 Å². The Hall–Kier alpha value is -1.11. The summed E-state index contributed by atoms with van der Waals surface area (Å²) >= 11 is 1.77. The van der Waals surface area contributed by atoms with Crippen molar-refractivity contribution in [3.05, 3.63) is 21.9 Å². The van der Waals surface area contributed by atoms with E-state index in [9.17, 15) is 9.59 Å². The molecule has 2 atom stereocenters. The van der Waals surface area contributed by atoms with Crippen molar-refractivity contribution >= 4 is 35.6 Å². The molecule has 2 aliphatic heterocycles. The van der Waals surface area contributed by atoms with Crippen molar-refractivity contribution in [1.29, 1.82) is 0 Å². The summed E-state index contributed by atoms with van der Waals surface area (Å²) in [4.78, 5) is 27.7. The predicted molar refractivity (Wildman–Crippen MR) is 98.5 cm³/mol. The zero-order chi connectivity index (χ0) is 16.2. The lowest BCUT2D eigenvalue weighted by molar-refractivity contribution is -0.134. The summed E-state index contributed by atoms with van der Waals surface area (Å²) in [6.07, 6.45) is 2.51. The van der Waals surface area contributed by atoms with E-state index in [1.54, 1.807) is 11.3 Å². The second kappa shape index (κ2) is 8.83. The van der Waals surface area contributed by atoms with Crippen LogP contribution in [0.15, 0.2) is 11.4 Å². The number of carbonyl (C=O) groups is 2. The van der Waals surface area contributed by atoms with Gasteiger partial charge in [-0.15, -0.1) is 23.7 Å². The van der Waals surface area contributed by atoms with Crippen molar-refractivity contribution in [1.82, 2.24) is 15.5 Å². The predicted octanol–water partition coefficient (Wildman–Crippen LogP) is 1.95. The molecule has 2 N–H and O–H groups in total. The second-order valence-corrected chi connectivity index (χ2v) is 7.58. The van der Waals surface area contributed by atoms with Crippen molar-refractivity contribution < 1.29 is 9.59 Å². The van der Waals surface area contributed by atoms with Gasteiger partial charge in [0.2, 0.25) is 11.8 Å². The van der Waals surface area contributed by atoms with Crippen LogP contribution in [0, 0.1) is 5.92 Å². The van der Waals surface area contributed by atoms with Gasteiger partial charge in [0.25, 0.3) is 0 Å². The van der Waals surface area contributed by atoms with Crippen LogP contribution in [0.25, 0.3) is 0 Å². The maximum Gasteiger partial charge on any atom is 0.223 e. The van der Waals surface area contributed by atoms with Crippen LogP contribution in [0.5, 0.6) is 0 Å². The topological polar surface area (TPSA) is 61.4 Å². The number of fused-ring (bicyclic) bond motifs is 1. The number of rotatable bonds is 4. The number of halogens is 1. The molecule has 3 heterocycles. The molecular formula is C17H26ClN3O2S. The molecule has 2 aliphatic rings. The minimum absolute atomic E-state index is 0. The lowest BCUT2D eigenvalue weighted by Gasteiger charge is -2.30. The maximum atomic E-state index is 12.3. The molecule has 1 aromatic rings. The van der Waals surface area contributed by atoms with E-state index >= 15 is 0 Å². The standard InChI is InChI=1S/C17H25N3O2S.ClH/c1-12-10-18-7-4-14(12)19-16(21)2-3-17(22)20-8-5-15-13(11-20)6-9-23-15;/h6,9,12,14,18H,2-5,7-8,10-11H2,1H3,(H,19,21);1H. The van der Waals surface area contributed by atoms with E-state index in [2.05, 4.69) is 29.0 Å². The first-order valence-electron chi connectivity index (χ1n) is 8.46. The van der Waals surface area contributed by atoms with Crippen molar-refractivity contribution in [2.75, 3.05) is 19.6 Å². The van der Waals surface area contributed by atoms with Gasteiger partial charge in [-0.1, -0.05) is 6.92 Å². The van der Waals surface area contributed by atoms with Crippen molar-refractivity contribution in [2.45, 2.75) is 45.2 Å². The van der Waals surface area contributed by atoms with E-state index in [4.69, 9.17) is 0 Å². The molecule has 134 valence electrons. The Bertz CT molecular complexity index is 578. The summed E-state index contributed by atoms with van der Waals surface area (Å²) < 4.78 is 0. The number of piperidine rings is 1. The largest absolute Gasteiger partial charge is 0.353 e. The molecule has 0 spiro atoms. The van der Waals surface area contributed by atoms with E-state index in [-0.39, 0.29) is 30.3 Å². The zero-order valence-electron chi connectivity index (χ0n) is 14.0. The van der Waals surface area contributed by atoms with Gasteiger partial charge in [-0.25, -0.2) is 0 Å². The van der Waals surface area contributed by atoms with Crippen LogP contribution < -0.4 is 10.6 Å². The van der Waals surface area contributed by atoms with E-state index < -0.39 is 0 Å². The average molecular weight is 372 g/mol. The first kappa shape index (κ1) is 19.2. The number of carbonyl (C=O) groups excluding carboxylic acids is 2. The summed E-state index contributed by atoms with van der Waals surface area (Å²) in [5.74, 6) is 0.545. The molecule has 0 radical (unpaired) electrons. The summed E-state index contributed by atoms with van der Waals surface area (Å²) in [6, 6.07) is 2.34. The van der Waals surface area contributed by atoms with Crippen molar-refractivity contribution in [2.24, 2.45) is 5.92 Å². The molecule has 2 amide bonds.